The Morgan fingerprint density at radius 2 is 0.880 bits per heavy atom. The van der Waals surface area contributed by atoms with Gasteiger partial charge in [0.15, 0.2) is 0 Å². The molecular formula is C18H40O4S2Sn. The molecule has 0 saturated heterocycles. The average molecular weight is 503 g/mol. The third kappa shape index (κ3) is 59.0. The van der Waals surface area contributed by atoms with E-state index in [2.05, 4.69) is 62.4 Å². The number of unbranched alkanes of at least 4 members (excludes halogenated alkanes) is 2. The van der Waals surface area contributed by atoms with Crippen LogP contribution in [0.5, 0.6) is 0 Å². The van der Waals surface area contributed by atoms with Gasteiger partial charge in [0.25, 0.3) is 0 Å². The van der Waals surface area contributed by atoms with Crippen LogP contribution in [0, 0.1) is 0 Å². The number of hydrogen-bond donors (Lipinski definition) is 2. The summed E-state index contributed by atoms with van der Waals surface area (Å²) in [6.45, 7) is 13.1. The summed E-state index contributed by atoms with van der Waals surface area (Å²) in [4.78, 5) is 20.6. The zero-order valence-corrected chi connectivity index (χ0v) is 21.7. The summed E-state index contributed by atoms with van der Waals surface area (Å²) in [5.74, 6) is 0.899. The summed E-state index contributed by atoms with van der Waals surface area (Å²) in [6.07, 6.45) is 6.18. The van der Waals surface area contributed by atoms with Crippen molar-refractivity contribution in [1.29, 1.82) is 0 Å². The largest absolute Gasteiger partial charge is 0.465 e. The van der Waals surface area contributed by atoms with Crippen molar-refractivity contribution in [3.63, 3.8) is 0 Å². The van der Waals surface area contributed by atoms with Crippen molar-refractivity contribution < 1.29 is 19.1 Å². The Labute approximate surface area is 184 Å². The number of rotatable bonds is 8. The van der Waals surface area contributed by atoms with Crippen molar-refractivity contribution in [1.82, 2.24) is 0 Å². The first kappa shape index (κ1) is 36.4. The summed E-state index contributed by atoms with van der Waals surface area (Å²) in [5.41, 5.74) is 0. The Kier molecular flexibility index (Phi) is 57.4. The van der Waals surface area contributed by atoms with Gasteiger partial charge in [0.05, 0.1) is 0 Å². The second-order valence-corrected chi connectivity index (χ2v) is 5.49. The first-order valence-electron chi connectivity index (χ1n) is 8.98. The molecule has 0 amide bonds. The van der Waals surface area contributed by atoms with Crippen LogP contribution in [0.4, 0.5) is 0 Å². The molecule has 25 heavy (non-hydrogen) atoms. The number of carbonyl (C=O) groups excluding carboxylic acids is 2. The van der Waals surface area contributed by atoms with Crippen LogP contribution in [0.25, 0.3) is 0 Å². The molecule has 0 N–H and O–H groups in total. The van der Waals surface area contributed by atoms with E-state index < -0.39 is 0 Å². The van der Waals surface area contributed by atoms with Crippen molar-refractivity contribution >= 4 is 61.1 Å². The maximum atomic E-state index is 10.3. The number of carbonyl (C=O) groups is 2. The molecule has 0 aliphatic heterocycles. The summed E-state index contributed by atoms with van der Waals surface area (Å²) in [6, 6.07) is 0. The fourth-order valence-corrected chi connectivity index (χ4v) is 0.706. The Morgan fingerprint density at radius 3 is 1.00 bits per heavy atom. The average Bonchev–Trinajstić information content (AvgIpc) is 2.64. The molecule has 0 aromatic heterocycles. The van der Waals surface area contributed by atoms with Crippen LogP contribution in [0.15, 0.2) is 0 Å². The molecule has 4 nitrogen and oxygen atoms in total. The van der Waals surface area contributed by atoms with Crippen LogP contribution in [-0.2, 0) is 19.1 Å². The molecule has 0 fully saturated rings. The summed E-state index contributed by atoms with van der Waals surface area (Å²) in [5, 5.41) is 0. The maximum absolute atomic E-state index is 10.3. The number of esters is 2. The topological polar surface area (TPSA) is 52.6 Å². The van der Waals surface area contributed by atoms with E-state index in [4.69, 9.17) is 0 Å². The Hall–Kier alpha value is 0.439. The minimum atomic E-state index is -0.154. The van der Waals surface area contributed by atoms with E-state index in [1.807, 2.05) is 0 Å². The molecular weight excluding hydrogens is 463 g/mol. The van der Waals surface area contributed by atoms with Crippen LogP contribution in [-0.4, -0.2) is 60.6 Å². The van der Waals surface area contributed by atoms with Gasteiger partial charge >= 0.3 is 11.9 Å². The van der Waals surface area contributed by atoms with E-state index in [-0.39, 0.29) is 35.8 Å². The van der Waals surface area contributed by atoms with E-state index in [0.29, 0.717) is 37.6 Å². The number of ether oxygens (including phenoxy) is 2. The molecule has 4 radical (unpaired) electrons. The summed E-state index contributed by atoms with van der Waals surface area (Å²) < 4.78 is 9.25. The molecule has 0 aliphatic rings. The summed E-state index contributed by atoms with van der Waals surface area (Å²) in [7, 11) is 0. The fourth-order valence-electron chi connectivity index (χ4n) is 0.523. The van der Waals surface area contributed by atoms with Crippen molar-refractivity contribution in [3.05, 3.63) is 0 Å². The quantitative estimate of drug-likeness (QED) is 0.279. The first-order valence-corrected chi connectivity index (χ1v) is 10.2. The molecule has 0 saturated carbocycles. The van der Waals surface area contributed by atoms with Crippen LogP contribution >= 0.6 is 25.3 Å². The Bertz CT molecular complexity index is 215. The minimum Gasteiger partial charge on any atom is -0.465 e. The number of hydrogen-bond acceptors (Lipinski definition) is 6. The molecule has 0 atom stereocenters. The molecule has 0 aromatic carbocycles. The molecule has 0 heterocycles. The monoisotopic (exact) mass is 504 g/mol. The molecule has 0 aromatic rings. The smallest absolute Gasteiger partial charge is 0.305 e. The molecule has 0 unspecified atom stereocenters. The van der Waals surface area contributed by atoms with E-state index >= 15 is 0 Å². The van der Waals surface area contributed by atoms with Gasteiger partial charge in [-0.05, 0) is 0 Å². The Morgan fingerprint density at radius 1 is 0.640 bits per heavy atom. The standard InChI is InChI=1S/2C5H10O2S.2C4H10.Sn/c2*1-2-5(6)7-3-4-8;2*1-3-4-2;/h2*8H,2-4H2,1H3;2*3-4H2,1-2H3;. The summed E-state index contributed by atoms with van der Waals surface area (Å²) >= 11 is 7.71. The van der Waals surface area contributed by atoms with Gasteiger partial charge < -0.3 is 9.47 Å². The normalized spacial score (nSPS) is 8.00. The molecule has 152 valence electrons. The predicted octanol–water partition coefficient (Wildman–Crippen LogP) is 4.97. The SMILES string of the molecule is CCC(=O)OCCS.CCC(=O)OCCS.CCCC.CCCC.[Sn]. The van der Waals surface area contributed by atoms with Crippen molar-refractivity contribution in [2.75, 3.05) is 24.7 Å². The Balaban J connectivity index is -0.0000000739. The predicted molar refractivity (Wildman–Crippen MR) is 117 cm³/mol. The van der Waals surface area contributed by atoms with Gasteiger partial charge in [-0.1, -0.05) is 67.2 Å². The number of thiol groups is 2. The third-order valence-electron chi connectivity index (χ3n) is 2.29. The van der Waals surface area contributed by atoms with Gasteiger partial charge in [-0.25, -0.2) is 0 Å². The van der Waals surface area contributed by atoms with Crippen LogP contribution in [0.1, 0.15) is 80.1 Å². The molecule has 0 aliphatic carbocycles. The zero-order valence-electron chi connectivity index (χ0n) is 17.1. The van der Waals surface area contributed by atoms with E-state index in [9.17, 15) is 9.59 Å². The van der Waals surface area contributed by atoms with Crippen LogP contribution in [0.2, 0.25) is 0 Å². The zero-order chi connectivity index (χ0) is 19.6. The molecule has 0 bridgehead atoms. The second kappa shape index (κ2) is 39.5. The van der Waals surface area contributed by atoms with Crippen molar-refractivity contribution in [2.45, 2.75) is 80.1 Å². The van der Waals surface area contributed by atoms with Crippen molar-refractivity contribution in [3.8, 4) is 0 Å². The van der Waals surface area contributed by atoms with Gasteiger partial charge in [-0.2, -0.15) is 25.3 Å². The van der Waals surface area contributed by atoms with Gasteiger partial charge in [0, 0.05) is 48.3 Å². The van der Waals surface area contributed by atoms with Crippen molar-refractivity contribution in [2.24, 2.45) is 0 Å². The second-order valence-electron chi connectivity index (χ2n) is 4.60. The maximum Gasteiger partial charge on any atom is 0.305 e. The molecule has 0 spiro atoms. The van der Waals surface area contributed by atoms with Crippen LogP contribution < -0.4 is 0 Å². The van der Waals surface area contributed by atoms with Gasteiger partial charge in [0.2, 0.25) is 0 Å². The van der Waals surface area contributed by atoms with Gasteiger partial charge in [-0.3, -0.25) is 9.59 Å². The first-order chi connectivity index (χ1) is 11.4. The third-order valence-corrected chi connectivity index (χ3v) is 2.65. The molecule has 7 heteroatoms. The van der Waals surface area contributed by atoms with E-state index in [1.165, 1.54) is 25.7 Å². The molecule has 0 rings (SSSR count). The van der Waals surface area contributed by atoms with E-state index in [1.54, 1.807) is 13.8 Å². The van der Waals surface area contributed by atoms with Gasteiger partial charge in [0.1, 0.15) is 13.2 Å². The van der Waals surface area contributed by atoms with Gasteiger partial charge in [-0.15, -0.1) is 0 Å². The van der Waals surface area contributed by atoms with E-state index in [0.717, 1.165) is 0 Å². The fraction of sp³-hybridized carbons (Fsp3) is 0.889. The van der Waals surface area contributed by atoms with Crippen LogP contribution in [0.3, 0.4) is 0 Å². The minimum absolute atomic E-state index is 0.